The summed E-state index contributed by atoms with van der Waals surface area (Å²) in [5.74, 6) is 0.573. The van der Waals surface area contributed by atoms with E-state index in [0.717, 1.165) is 11.4 Å². The Morgan fingerprint density at radius 3 is 2.48 bits per heavy atom. The standard InChI is InChI=1S/C18H21FN2OS/c1-12-4-9-17(10-13(12)2)22-11-14(3)20-18(23)21-16-7-5-15(19)6-8-16/h4-10,14H,11H2,1-3H3,(H2,20,21,23)/t14-/m0/s1. The van der Waals surface area contributed by atoms with Gasteiger partial charge in [0.2, 0.25) is 0 Å². The number of benzene rings is 2. The number of ether oxygens (including phenoxy) is 1. The van der Waals surface area contributed by atoms with Crippen LogP contribution < -0.4 is 15.4 Å². The van der Waals surface area contributed by atoms with Crippen molar-refractivity contribution < 1.29 is 9.13 Å². The molecular weight excluding hydrogens is 311 g/mol. The topological polar surface area (TPSA) is 33.3 Å². The highest BCUT2D eigenvalue weighted by Crippen LogP contribution is 2.16. The number of rotatable bonds is 5. The van der Waals surface area contributed by atoms with Crippen LogP contribution in [-0.4, -0.2) is 17.8 Å². The van der Waals surface area contributed by atoms with Crippen LogP contribution in [0, 0.1) is 19.7 Å². The lowest BCUT2D eigenvalue weighted by Crippen LogP contribution is -2.39. The third-order valence-electron chi connectivity index (χ3n) is 3.46. The number of aryl methyl sites for hydroxylation is 2. The zero-order valence-electron chi connectivity index (χ0n) is 13.5. The second-order valence-electron chi connectivity index (χ2n) is 5.56. The Morgan fingerprint density at radius 1 is 1.13 bits per heavy atom. The molecule has 0 aliphatic heterocycles. The number of thiocarbonyl (C=S) groups is 1. The molecule has 0 amide bonds. The van der Waals surface area contributed by atoms with Crippen LogP contribution in [0.1, 0.15) is 18.1 Å². The van der Waals surface area contributed by atoms with Crippen molar-refractivity contribution in [2.45, 2.75) is 26.8 Å². The van der Waals surface area contributed by atoms with Crippen LogP contribution in [0.2, 0.25) is 0 Å². The molecular formula is C18H21FN2OS. The molecule has 0 heterocycles. The Labute approximate surface area is 141 Å². The first-order valence-corrected chi connectivity index (χ1v) is 7.88. The number of anilines is 1. The molecule has 2 aromatic rings. The van der Waals surface area contributed by atoms with Crippen LogP contribution in [0.4, 0.5) is 10.1 Å². The zero-order valence-corrected chi connectivity index (χ0v) is 14.3. The smallest absolute Gasteiger partial charge is 0.171 e. The fourth-order valence-corrected chi connectivity index (χ4v) is 2.31. The number of halogens is 1. The van der Waals surface area contributed by atoms with E-state index >= 15 is 0 Å². The molecule has 2 N–H and O–H groups in total. The van der Waals surface area contributed by atoms with Crippen molar-refractivity contribution in [3.05, 3.63) is 59.4 Å². The Hall–Kier alpha value is -2.14. The molecule has 0 aliphatic rings. The van der Waals surface area contributed by atoms with Gasteiger partial charge in [0.05, 0.1) is 6.04 Å². The van der Waals surface area contributed by atoms with Gasteiger partial charge in [-0.25, -0.2) is 4.39 Å². The summed E-state index contributed by atoms with van der Waals surface area (Å²) >= 11 is 5.24. The van der Waals surface area contributed by atoms with Crippen LogP contribution in [0.3, 0.4) is 0 Å². The highest BCUT2D eigenvalue weighted by atomic mass is 32.1. The third-order valence-corrected chi connectivity index (χ3v) is 3.68. The summed E-state index contributed by atoms with van der Waals surface area (Å²) in [4.78, 5) is 0. The molecule has 2 aromatic carbocycles. The van der Waals surface area contributed by atoms with Crippen LogP contribution >= 0.6 is 12.2 Å². The summed E-state index contributed by atoms with van der Waals surface area (Å²) in [6.07, 6.45) is 0. The molecule has 0 aliphatic carbocycles. The average Bonchev–Trinajstić information content (AvgIpc) is 2.51. The molecule has 3 nitrogen and oxygen atoms in total. The van der Waals surface area contributed by atoms with E-state index in [0.29, 0.717) is 11.7 Å². The first-order valence-electron chi connectivity index (χ1n) is 7.47. The normalized spacial score (nSPS) is 11.7. The van der Waals surface area contributed by atoms with Gasteiger partial charge in [-0.1, -0.05) is 6.07 Å². The van der Waals surface area contributed by atoms with Crippen molar-refractivity contribution in [1.82, 2.24) is 5.32 Å². The second-order valence-corrected chi connectivity index (χ2v) is 5.97. The predicted molar refractivity (Wildman–Crippen MR) is 96.6 cm³/mol. The maximum Gasteiger partial charge on any atom is 0.171 e. The lowest BCUT2D eigenvalue weighted by molar-refractivity contribution is 0.287. The molecule has 23 heavy (non-hydrogen) atoms. The molecule has 0 radical (unpaired) electrons. The van der Waals surface area contributed by atoms with E-state index < -0.39 is 0 Å². The molecule has 0 saturated heterocycles. The minimum absolute atomic E-state index is 0.0389. The van der Waals surface area contributed by atoms with Gasteiger partial charge >= 0.3 is 0 Å². The number of hydrogen-bond acceptors (Lipinski definition) is 2. The zero-order chi connectivity index (χ0) is 16.8. The van der Waals surface area contributed by atoms with Gasteiger partial charge in [-0.05, 0) is 80.5 Å². The summed E-state index contributed by atoms with van der Waals surface area (Å²) in [5, 5.41) is 6.63. The van der Waals surface area contributed by atoms with Gasteiger partial charge in [0, 0.05) is 5.69 Å². The van der Waals surface area contributed by atoms with Crippen LogP contribution in [0.5, 0.6) is 5.75 Å². The lowest BCUT2D eigenvalue weighted by atomic mass is 10.1. The van der Waals surface area contributed by atoms with Crippen molar-refractivity contribution in [1.29, 1.82) is 0 Å². The van der Waals surface area contributed by atoms with Crippen LogP contribution in [0.25, 0.3) is 0 Å². The van der Waals surface area contributed by atoms with Crippen molar-refractivity contribution in [3.8, 4) is 5.75 Å². The quantitative estimate of drug-likeness (QED) is 0.804. The maximum atomic E-state index is 12.9. The van der Waals surface area contributed by atoms with E-state index in [1.54, 1.807) is 12.1 Å². The van der Waals surface area contributed by atoms with E-state index in [1.165, 1.54) is 23.3 Å². The minimum atomic E-state index is -0.274. The molecule has 0 unspecified atom stereocenters. The Morgan fingerprint density at radius 2 is 1.83 bits per heavy atom. The Bertz CT molecular complexity index is 673. The fourth-order valence-electron chi connectivity index (χ4n) is 1.99. The van der Waals surface area contributed by atoms with E-state index in [4.69, 9.17) is 17.0 Å². The van der Waals surface area contributed by atoms with E-state index in [2.05, 4.69) is 24.5 Å². The summed E-state index contributed by atoms with van der Waals surface area (Å²) in [6.45, 7) is 6.61. The first kappa shape index (κ1) is 17.2. The molecule has 0 spiro atoms. The van der Waals surface area contributed by atoms with E-state index in [9.17, 15) is 4.39 Å². The van der Waals surface area contributed by atoms with E-state index in [-0.39, 0.29) is 11.9 Å². The van der Waals surface area contributed by atoms with Gasteiger partial charge < -0.3 is 15.4 Å². The maximum absolute atomic E-state index is 12.9. The number of hydrogen-bond donors (Lipinski definition) is 2. The van der Waals surface area contributed by atoms with Crippen molar-refractivity contribution in [2.24, 2.45) is 0 Å². The Balaban J connectivity index is 1.79. The SMILES string of the molecule is Cc1ccc(OC[C@H](C)NC(=S)Nc2ccc(F)cc2)cc1C. The predicted octanol–water partition coefficient (Wildman–Crippen LogP) is 4.20. The van der Waals surface area contributed by atoms with Crippen molar-refractivity contribution >= 4 is 23.0 Å². The molecule has 2 rings (SSSR count). The monoisotopic (exact) mass is 332 g/mol. The largest absolute Gasteiger partial charge is 0.491 e. The molecule has 0 fully saturated rings. The molecule has 1 atom stereocenters. The summed E-state index contributed by atoms with van der Waals surface area (Å²) < 4.78 is 18.6. The number of nitrogens with one attached hydrogen (secondary N) is 2. The minimum Gasteiger partial charge on any atom is -0.491 e. The highest BCUT2D eigenvalue weighted by molar-refractivity contribution is 7.80. The van der Waals surface area contributed by atoms with Gasteiger partial charge in [-0.15, -0.1) is 0 Å². The molecule has 5 heteroatoms. The van der Waals surface area contributed by atoms with Crippen LogP contribution in [0.15, 0.2) is 42.5 Å². The molecule has 0 saturated carbocycles. The van der Waals surface area contributed by atoms with E-state index in [1.807, 2.05) is 25.1 Å². The van der Waals surface area contributed by atoms with Crippen molar-refractivity contribution in [2.75, 3.05) is 11.9 Å². The highest BCUT2D eigenvalue weighted by Gasteiger charge is 2.06. The summed E-state index contributed by atoms with van der Waals surface area (Å²) in [7, 11) is 0. The third kappa shape index (κ3) is 5.53. The second kappa shape index (κ2) is 7.92. The summed E-state index contributed by atoms with van der Waals surface area (Å²) in [5.41, 5.74) is 3.19. The first-order chi connectivity index (χ1) is 10.9. The van der Waals surface area contributed by atoms with Crippen LogP contribution in [-0.2, 0) is 0 Å². The summed E-state index contributed by atoms with van der Waals surface area (Å²) in [6, 6.07) is 12.1. The molecule has 0 bridgehead atoms. The van der Waals surface area contributed by atoms with Gasteiger partial charge in [0.25, 0.3) is 0 Å². The Kier molecular flexibility index (Phi) is 5.93. The van der Waals surface area contributed by atoms with Gasteiger partial charge in [-0.3, -0.25) is 0 Å². The van der Waals surface area contributed by atoms with Crippen molar-refractivity contribution in [3.63, 3.8) is 0 Å². The fraction of sp³-hybridized carbons (Fsp3) is 0.278. The van der Waals surface area contributed by atoms with Gasteiger partial charge in [-0.2, -0.15) is 0 Å². The van der Waals surface area contributed by atoms with Gasteiger partial charge in [0.15, 0.2) is 5.11 Å². The molecule has 0 aromatic heterocycles. The average molecular weight is 332 g/mol. The molecule has 122 valence electrons. The lowest BCUT2D eigenvalue weighted by Gasteiger charge is -2.18. The van der Waals surface area contributed by atoms with Gasteiger partial charge in [0.1, 0.15) is 18.2 Å².